The maximum absolute atomic E-state index is 9.25. The Morgan fingerprint density at radius 2 is 0.571 bits per heavy atom. The lowest BCUT2D eigenvalue weighted by molar-refractivity contribution is -0.131. The summed E-state index contributed by atoms with van der Waals surface area (Å²) in [5.41, 5.74) is 0. The van der Waals surface area contributed by atoms with Crippen LogP contribution in [0.4, 0.5) is 0 Å². The van der Waals surface area contributed by atoms with Crippen molar-refractivity contribution in [2.45, 2.75) is 78.2 Å². The Hall–Kier alpha value is -1.27. The SMILES string of the molecule is C=CC(=O)O.CC(O)CO.CC(O)CO.CC(O)CO.CC(O)CO.CC(O)CO.CC(O)CO. The van der Waals surface area contributed by atoms with Crippen molar-refractivity contribution in [2.24, 2.45) is 0 Å². The number of carboxylic acid groups (broad SMARTS) is 1. The van der Waals surface area contributed by atoms with E-state index in [-0.39, 0.29) is 39.6 Å². The summed E-state index contributed by atoms with van der Waals surface area (Å²) >= 11 is 0. The van der Waals surface area contributed by atoms with Gasteiger partial charge in [0.1, 0.15) is 0 Å². The van der Waals surface area contributed by atoms with E-state index in [1.807, 2.05) is 0 Å². The Morgan fingerprint density at radius 3 is 0.571 bits per heavy atom. The van der Waals surface area contributed by atoms with Gasteiger partial charge in [-0.2, -0.15) is 0 Å². The highest BCUT2D eigenvalue weighted by atomic mass is 16.4. The minimum Gasteiger partial charge on any atom is -0.478 e. The largest absolute Gasteiger partial charge is 0.478 e. The predicted molar refractivity (Wildman–Crippen MR) is 130 cm³/mol. The fraction of sp³-hybridized carbons (Fsp3) is 0.857. The molecular weight excluding hydrogens is 476 g/mol. The molecule has 6 unspecified atom stereocenters. The highest BCUT2D eigenvalue weighted by molar-refractivity contribution is 5.78. The molecule has 0 amide bonds. The Morgan fingerprint density at radius 1 is 0.514 bits per heavy atom. The first-order valence-electron chi connectivity index (χ1n) is 10.5. The second kappa shape index (κ2) is 46.1. The lowest BCUT2D eigenvalue weighted by Crippen LogP contribution is -2.03. The maximum atomic E-state index is 9.25. The van der Waals surface area contributed by atoms with E-state index >= 15 is 0 Å². The van der Waals surface area contributed by atoms with Crippen molar-refractivity contribution in [3.05, 3.63) is 12.7 Å². The van der Waals surface area contributed by atoms with Crippen molar-refractivity contribution in [1.29, 1.82) is 0 Å². The van der Waals surface area contributed by atoms with Crippen LogP contribution < -0.4 is 0 Å². The highest BCUT2D eigenvalue weighted by Crippen LogP contribution is 1.71. The average molecular weight is 529 g/mol. The van der Waals surface area contributed by atoms with Gasteiger partial charge in [0.2, 0.25) is 0 Å². The lowest BCUT2D eigenvalue weighted by atomic mass is 10.5. The first-order chi connectivity index (χ1) is 15.9. The van der Waals surface area contributed by atoms with Gasteiger partial charge in [0.25, 0.3) is 0 Å². The van der Waals surface area contributed by atoms with Gasteiger partial charge in [0, 0.05) is 6.08 Å². The standard InChI is InChI=1S/6C3H8O2.C3H4O2/c6*1-3(5)2-4;1-2-3(4)5/h6*3-5H,2H2,1H3;2H,1H2,(H,4,5). The molecule has 0 aliphatic rings. The Balaban J connectivity index is -0.0000000523. The van der Waals surface area contributed by atoms with Crippen molar-refractivity contribution in [1.82, 2.24) is 0 Å². The zero-order chi connectivity index (χ0) is 30.0. The van der Waals surface area contributed by atoms with Crippen LogP contribution in [0.5, 0.6) is 0 Å². The van der Waals surface area contributed by atoms with E-state index in [0.29, 0.717) is 0 Å². The Kier molecular flexibility index (Phi) is 66.6. The van der Waals surface area contributed by atoms with Gasteiger partial charge in [0.15, 0.2) is 0 Å². The van der Waals surface area contributed by atoms with E-state index in [0.717, 1.165) is 6.08 Å². The lowest BCUT2D eigenvalue weighted by Gasteiger charge is -1.90. The van der Waals surface area contributed by atoms with Gasteiger partial charge >= 0.3 is 5.97 Å². The molecule has 220 valence electrons. The van der Waals surface area contributed by atoms with E-state index < -0.39 is 42.6 Å². The van der Waals surface area contributed by atoms with Gasteiger partial charge < -0.3 is 66.4 Å². The van der Waals surface area contributed by atoms with Crippen LogP contribution in [0, 0.1) is 0 Å². The minimum atomic E-state index is -0.981. The molecule has 13 N–H and O–H groups in total. The molecular formula is C21H52O14. The fourth-order valence-corrected chi connectivity index (χ4v) is 0. The van der Waals surface area contributed by atoms with Crippen LogP contribution in [-0.2, 0) is 4.79 Å². The van der Waals surface area contributed by atoms with E-state index in [1.165, 1.54) is 41.5 Å². The molecule has 0 saturated carbocycles. The molecule has 0 aliphatic carbocycles. The first kappa shape index (κ1) is 50.6. The monoisotopic (exact) mass is 528 g/mol. The van der Waals surface area contributed by atoms with Crippen LogP contribution >= 0.6 is 0 Å². The molecule has 0 aromatic heterocycles. The van der Waals surface area contributed by atoms with Crippen LogP contribution in [-0.4, -0.2) is 149 Å². The van der Waals surface area contributed by atoms with E-state index in [4.69, 9.17) is 66.4 Å². The van der Waals surface area contributed by atoms with Crippen LogP contribution in [0.1, 0.15) is 41.5 Å². The zero-order valence-electron chi connectivity index (χ0n) is 21.7. The number of carboxylic acids is 1. The van der Waals surface area contributed by atoms with Crippen LogP contribution in [0.2, 0.25) is 0 Å². The number of rotatable bonds is 7. The van der Waals surface area contributed by atoms with Crippen molar-refractivity contribution in [2.75, 3.05) is 39.6 Å². The number of carbonyl (C=O) groups is 1. The third-order valence-corrected chi connectivity index (χ3v) is 1.76. The Labute approximate surface area is 208 Å². The zero-order valence-corrected chi connectivity index (χ0v) is 21.7. The number of aliphatic carboxylic acids is 1. The molecule has 0 aliphatic heterocycles. The van der Waals surface area contributed by atoms with E-state index in [2.05, 4.69) is 6.58 Å². The number of hydrogen-bond acceptors (Lipinski definition) is 13. The molecule has 14 heteroatoms. The Bertz CT molecular complexity index is 287. The molecule has 0 radical (unpaired) electrons. The summed E-state index contributed by atoms with van der Waals surface area (Å²) < 4.78 is 0. The van der Waals surface area contributed by atoms with Gasteiger partial charge in [-0.3, -0.25) is 0 Å². The molecule has 0 spiro atoms. The van der Waals surface area contributed by atoms with Gasteiger partial charge in [0.05, 0.1) is 76.3 Å². The predicted octanol–water partition coefficient (Wildman–Crippen LogP) is -3.59. The fourth-order valence-electron chi connectivity index (χ4n) is 0. The molecule has 0 bridgehead atoms. The van der Waals surface area contributed by atoms with Crippen molar-refractivity contribution in [3.63, 3.8) is 0 Å². The smallest absolute Gasteiger partial charge is 0.327 e. The quantitative estimate of drug-likeness (QED) is 0.142. The number of hydrogen-bond donors (Lipinski definition) is 13. The summed E-state index contributed by atoms with van der Waals surface area (Å²) in [4.78, 5) is 9.25. The molecule has 0 aromatic carbocycles. The topological polar surface area (TPSA) is 280 Å². The van der Waals surface area contributed by atoms with Crippen LogP contribution in [0.25, 0.3) is 0 Å². The minimum absolute atomic E-state index is 0.139. The maximum Gasteiger partial charge on any atom is 0.327 e. The van der Waals surface area contributed by atoms with Crippen molar-refractivity contribution < 1.29 is 71.2 Å². The molecule has 0 rings (SSSR count). The first-order valence-corrected chi connectivity index (χ1v) is 10.5. The third-order valence-electron chi connectivity index (χ3n) is 1.76. The van der Waals surface area contributed by atoms with Crippen molar-refractivity contribution in [3.8, 4) is 0 Å². The van der Waals surface area contributed by atoms with Gasteiger partial charge in [-0.25, -0.2) is 4.79 Å². The normalized spacial score (nSPS) is 13.8. The molecule has 0 fully saturated rings. The summed E-state index contributed by atoms with van der Waals surface area (Å²) in [6.07, 6.45) is -2.53. The van der Waals surface area contributed by atoms with Crippen LogP contribution in [0.3, 0.4) is 0 Å². The van der Waals surface area contributed by atoms with Crippen molar-refractivity contribution >= 4 is 5.97 Å². The average Bonchev–Trinajstić information content (AvgIpc) is 2.80. The third kappa shape index (κ3) is 191. The summed E-state index contributed by atoms with van der Waals surface area (Å²) in [7, 11) is 0. The second-order valence-electron chi connectivity index (χ2n) is 6.73. The number of aliphatic hydroxyl groups is 12. The van der Waals surface area contributed by atoms with E-state index in [9.17, 15) is 4.79 Å². The molecule has 0 saturated heterocycles. The summed E-state index contributed by atoms with van der Waals surface area (Å²) in [5.74, 6) is -0.981. The van der Waals surface area contributed by atoms with Gasteiger partial charge in [-0.05, 0) is 41.5 Å². The summed E-state index contributed by atoms with van der Waals surface area (Å²) in [5, 5.41) is 104. The number of aliphatic hydroxyl groups excluding tert-OH is 12. The molecule has 35 heavy (non-hydrogen) atoms. The molecule has 6 atom stereocenters. The van der Waals surface area contributed by atoms with Crippen LogP contribution in [0.15, 0.2) is 12.7 Å². The summed E-state index contributed by atoms with van der Waals surface area (Å²) in [6, 6.07) is 0. The van der Waals surface area contributed by atoms with E-state index in [1.54, 1.807) is 0 Å². The van der Waals surface area contributed by atoms with Gasteiger partial charge in [-0.15, -0.1) is 0 Å². The molecule has 14 nitrogen and oxygen atoms in total. The van der Waals surface area contributed by atoms with Gasteiger partial charge in [-0.1, -0.05) is 6.58 Å². The summed E-state index contributed by atoms with van der Waals surface area (Å²) in [6.45, 7) is 11.3. The molecule has 0 aromatic rings. The molecule has 0 heterocycles. The second-order valence-corrected chi connectivity index (χ2v) is 6.73. The highest BCUT2D eigenvalue weighted by Gasteiger charge is 1.85.